The first-order chi connectivity index (χ1) is 9.92. The van der Waals surface area contributed by atoms with Gasteiger partial charge >= 0.3 is 0 Å². The number of aromatic nitrogens is 1. The Kier molecular flexibility index (Phi) is 5.15. The van der Waals surface area contributed by atoms with Crippen molar-refractivity contribution < 1.29 is 12.8 Å². The molecule has 2 rings (SSSR count). The first-order valence-corrected chi connectivity index (χ1v) is 8.90. The Morgan fingerprint density at radius 2 is 2.19 bits per heavy atom. The van der Waals surface area contributed by atoms with Crippen LogP contribution in [0.15, 0.2) is 27.0 Å². The lowest BCUT2D eigenvalue weighted by atomic mass is 10.3. The number of oxazole rings is 1. The summed E-state index contributed by atoms with van der Waals surface area (Å²) in [5.74, 6) is 1.02. The van der Waals surface area contributed by atoms with E-state index in [2.05, 4.69) is 15.0 Å². The summed E-state index contributed by atoms with van der Waals surface area (Å²) in [7, 11) is -1.69. The second kappa shape index (κ2) is 6.69. The maximum Gasteiger partial charge on any atom is 0.250 e. The van der Waals surface area contributed by atoms with Gasteiger partial charge < -0.3 is 9.73 Å². The molecule has 1 atom stereocenters. The number of thiophene rings is 1. The minimum Gasteiger partial charge on any atom is -0.444 e. The molecular formula is C13H19N3O3S2. The number of hydrogen-bond acceptors (Lipinski definition) is 6. The summed E-state index contributed by atoms with van der Waals surface area (Å²) in [5, 5.41) is 3.04. The van der Waals surface area contributed by atoms with E-state index in [9.17, 15) is 8.42 Å². The number of likely N-dealkylation sites (N-methyl/N-ethyl adjacent to an activating group) is 1. The van der Waals surface area contributed by atoms with Crippen molar-refractivity contribution in [1.29, 1.82) is 0 Å². The summed E-state index contributed by atoms with van der Waals surface area (Å²) in [5.41, 5.74) is 0. The van der Waals surface area contributed by atoms with E-state index in [1.54, 1.807) is 26.1 Å². The zero-order chi connectivity index (χ0) is 15.5. The van der Waals surface area contributed by atoms with Crippen LogP contribution in [0.1, 0.15) is 29.5 Å². The lowest BCUT2D eigenvalue weighted by molar-refractivity contribution is 0.428. The van der Waals surface area contributed by atoms with E-state index < -0.39 is 16.1 Å². The second-order valence-corrected chi connectivity index (χ2v) is 7.84. The van der Waals surface area contributed by atoms with Gasteiger partial charge in [-0.05, 0) is 46.0 Å². The third-order valence-electron chi connectivity index (χ3n) is 2.86. The topological polar surface area (TPSA) is 84.2 Å². The zero-order valence-corrected chi connectivity index (χ0v) is 13.8. The molecule has 0 aliphatic carbocycles. The lowest BCUT2D eigenvalue weighted by Gasteiger charge is -2.09. The first kappa shape index (κ1) is 16.2. The Bertz CT molecular complexity index is 691. The lowest BCUT2D eigenvalue weighted by Crippen LogP contribution is -2.26. The van der Waals surface area contributed by atoms with Gasteiger partial charge in [-0.25, -0.2) is 13.4 Å². The highest BCUT2D eigenvalue weighted by Crippen LogP contribution is 2.24. The zero-order valence-electron chi connectivity index (χ0n) is 12.2. The van der Waals surface area contributed by atoms with Crippen LogP contribution in [0, 0.1) is 6.92 Å². The van der Waals surface area contributed by atoms with Gasteiger partial charge in [-0.15, -0.1) is 11.3 Å². The number of sulfonamides is 1. The second-order valence-electron chi connectivity index (χ2n) is 4.73. The third-order valence-corrected chi connectivity index (χ3v) is 6.04. The van der Waals surface area contributed by atoms with E-state index in [0.29, 0.717) is 15.9 Å². The molecule has 0 fully saturated rings. The average molecular weight is 329 g/mol. The highest BCUT2D eigenvalue weighted by atomic mass is 32.2. The fraction of sp³-hybridized carbons (Fsp3) is 0.462. The normalized spacial score (nSPS) is 13.5. The highest BCUT2D eigenvalue weighted by Gasteiger charge is 2.22. The summed E-state index contributed by atoms with van der Waals surface area (Å²) in [4.78, 5) is 5.07. The van der Waals surface area contributed by atoms with Gasteiger partial charge in [0.05, 0.1) is 12.2 Å². The molecule has 0 saturated carbocycles. The van der Waals surface area contributed by atoms with Gasteiger partial charge in [-0.1, -0.05) is 0 Å². The summed E-state index contributed by atoms with van der Waals surface area (Å²) in [6.45, 7) is 4.29. The number of aryl methyl sites for hydroxylation is 1. The molecule has 0 radical (unpaired) electrons. The molecule has 8 heteroatoms. The van der Waals surface area contributed by atoms with Gasteiger partial charge in [0, 0.05) is 4.88 Å². The van der Waals surface area contributed by atoms with Crippen molar-refractivity contribution >= 4 is 21.4 Å². The number of nitrogens with one attached hydrogen (secondary N) is 2. The SMILES string of the molecule is CNCCc1ccc(S(=O)(=O)NC(C)c2ncc(C)o2)s1. The van der Waals surface area contributed by atoms with Crippen LogP contribution in [0.25, 0.3) is 0 Å². The van der Waals surface area contributed by atoms with Gasteiger partial charge in [0.2, 0.25) is 5.89 Å². The van der Waals surface area contributed by atoms with Crippen LogP contribution in [0.2, 0.25) is 0 Å². The molecule has 0 aromatic carbocycles. The predicted molar refractivity (Wildman–Crippen MR) is 81.9 cm³/mol. The molecule has 1 unspecified atom stereocenters. The van der Waals surface area contributed by atoms with Crippen molar-refractivity contribution in [3.05, 3.63) is 34.9 Å². The summed E-state index contributed by atoms with van der Waals surface area (Å²) in [6.07, 6.45) is 2.38. The Morgan fingerprint density at radius 3 is 2.81 bits per heavy atom. The highest BCUT2D eigenvalue weighted by molar-refractivity contribution is 7.91. The molecule has 116 valence electrons. The van der Waals surface area contributed by atoms with Gasteiger partial charge in [0.1, 0.15) is 9.97 Å². The van der Waals surface area contributed by atoms with Crippen molar-refractivity contribution in [1.82, 2.24) is 15.0 Å². The van der Waals surface area contributed by atoms with Crippen LogP contribution in [0.5, 0.6) is 0 Å². The van der Waals surface area contributed by atoms with E-state index in [-0.39, 0.29) is 0 Å². The van der Waals surface area contributed by atoms with Crippen molar-refractivity contribution in [3.63, 3.8) is 0 Å². The smallest absolute Gasteiger partial charge is 0.250 e. The fourth-order valence-corrected chi connectivity index (χ4v) is 4.37. The van der Waals surface area contributed by atoms with E-state index in [1.165, 1.54) is 11.3 Å². The van der Waals surface area contributed by atoms with E-state index in [1.807, 2.05) is 13.1 Å². The summed E-state index contributed by atoms with van der Waals surface area (Å²) >= 11 is 1.28. The molecule has 0 saturated heterocycles. The number of hydrogen-bond donors (Lipinski definition) is 2. The molecule has 2 aromatic heterocycles. The Morgan fingerprint density at radius 1 is 1.43 bits per heavy atom. The standard InChI is InChI=1S/C13H19N3O3S2/c1-9-8-15-13(19-9)10(2)16-21(17,18)12-5-4-11(20-12)6-7-14-3/h4-5,8,10,14,16H,6-7H2,1-3H3. The number of rotatable bonds is 7. The fourth-order valence-electron chi connectivity index (χ4n) is 1.80. The Balaban J connectivity index is 2.09. The van der Waals surface area contributed by atoms with Crippen LogP contribution in [0.4, 0.5) is 0 Å². The molecule has 6 nitrogen and oxygen atoms in total. The van der Waals surface area contributed by atoms with Gasteiger partial charge in [-0.3, -0.25) is 0 Å². The first-order valence-electron chi connectivity index (χ1n) is 6.60. The molecule has 0 aliphatic heterocycles. The Hall–Kier alpha value is -1.22. The van der Waals surface area contributed by atoms with Crippen LogP contribution >= 0.6 is 11.3 Å². The predicted octanol–water partition coefficient (Wildman–Crippen LogP) is 1.85. The Labute approximate surface area is 128 Å². The van der Waals surface area contributed by atoms with Crippen molar-refractivity contribution in [2.24, 2.45) is 0 Å². The van der Waals surface area contributed by atoms with Crippen LogP contribution in [0.3, 0.4) is 0 Å². The van der Waals surface area contributed by atoms with Gasteiger partial charge in [-0.2, -0.15) is 4.72 Å². The van der Waals surface area contributed by atoms with E-state index in [4.69, 9.17) is 4.42 Å². The molecule has 0 aliphatic rings. The molecule has 0 bridgehead atoms. The summed E-state index contributed by atoms with van der Waals surface area (Å²) < 4.78 is 32.9. The van der Waals surface area contributed by atoms with Crippen molar-refractivity contribution in [3.8, 4) is 0 Å². The van der Waals surface area contributed by atoms with Gasteiger partial charge in [0.15, 0.2) is 0 Å². The molecule has 21 heavy (non-hydrogen) atoms. The van der Waals surface area contributed by atoms with Crippen molar-refractivity contribution in [2.75, 3.05) is 13.6 Å². The molecule has 2 aromatic rings. The maximum absolute atomic E-state index is 12.3. The molecule has 2 N–H and O–H groups in total. The monoisotopic (exact) mass is 329 g/mol. The molecule has 2 heterocycles. The van der Waals surface area contributed by atoms with Gasteiger partial charge in [0.25, 0.3) is 10.0 Å². The quantitative estimate of drug-likeness (QED) is 0.810. The molecular weight excluding hydrogens is 310 g/mol. The maximum atomic E-state index is 12.3. The number of nitrogens with zero attached hydrogens (tertiary/aromatic N) is 1. The minimum absolute atomic E-state index is 0.309. The minimum atomic E-state index is -3.55. The molecule has 0 amide bonds. The van der Waals surface area contributed by atoms with Crippen LogP contribution in [-0.2, 0) is 16.4 Å². The molecule has 0 spiro atoms. The van der Waals surface area contributed by atoms with Crippen LogP contribution < -0.4 is 10.0 Å². The van der Waals surface area contributed by atoms with Crippen molar-refractivity contribution in [2.45, 2.75) is 30.5 Å². The summed E-state index contributed by atoms with van der Waals surface area (Å²) in [6, 6.07) is 2.97. The van der Waals surface area contributed by atoms with Crippen LogP contribution in [-0.4, -0.2) is 27.0 Å². The largest absolute Gasteiger partial charge is 0.444 e. The third kappa shape index (κ3) is 4.13. The van der Waals surface area contributed by atoms with E-state index in [0.717, 1.165) is 17.8 Å². The average Bonchev–Trinajstić information content (AvgIpc) is 3.05. The van der Waals surface area contributed by atoms with E-state index >= 15 is 0 Å².